The van der Waals surface area contributed by atoms with Gasteiger partial charge in [-0.15, -0.1) is 0 Å². The van der Waals surface area contributed by atoms with Crippen molar-refractivity contribution in [2.45, 2.75) is 6.61 Å². The van der Waals surface area contributed by atoms with E-state index in [1.807, 2.05) is 24.3 Å². The van der Waals surface area contributed by atoms with Gasteiger partial charge in [-0.1, -0.05) is 28.1 Å². The Kier molecular flexibility index (Phi) is 3.41. The van der Waals surface area contributed by atoms with Crippen LogP contribution in [-0.2, 0) is 6.61 Å². The molecule has 3 nitrogen and oxygen atoms in total. The van der Waals surface area contributed by atoms with Gasteiger partial charge >= 0.3 is 0 Å². The summed E-state index contributed by atoms with van der Waals surface area (Å²) in [5, 5.41) is 0. The van der Waals surface area contributed by atoms with Gasteiger partial charge in [0.05, 0.1) is 0 Å². The minimum absolute atomic E-state index is 0.414. The summed E-state index contributed by atoms with van der Waals surface area (Å²) in [4.78, 5) is 3.95. The standard InChI is InChI=1S/C12H11BrN2O/c13-10-4-1-3-9(7-10)8-16-11-5-2-6-15-12(11)14/h1-7H,8H2,(H2,14,15). The number of hydrogen-bond acceptors (Lipinski definition) is 3. The molecule has 0 radical (unpaired) electrons. The average Bonchev–Trinajstić information content (AvgIpc) is 2.28. The van der Waals surface area contributed by atoms with Crippen LogP contribution in [-0.4, -0.2) is 4.98 Å². The van der Waals surface area contributed by atoms with E-state index in [0.717, 1.165) is 10.0 Å². The SMILES string of the molecule is Nc1ncccc1OCc1cccc(Br)c1. The number of nitrogens with two attached hydrogens (primary N) is 1. The van der Waals surface area contributed by atoms with Crippen LogP contribution >= 0.6 is 15.9 Å². The Bertz CT molecular complexity index is 488. The first-order chi connectivity index (χ1) is 7.75. The molecule has 2 rings (SSSR count). The van der Waals surface area contributed by atoms with Crippen LogP contribution in [0.2, 0.25) is 0 Å². The van der Waals surface area contributed by atoms with E-state index in [4.69, 9.17) is 10.5 Å². The fourth-order valence-corrected chi connectivity index (χ4v) is 1.76. The van der Waals surface area contributed by atoms with Gasteiger partial charge < -0.3 is 10.5 Å². The Morgan fingerprint density at radius 1 is 1.25 bits per heavy atom. The van der Waals surface area contributed by atoms with Crippen molar-refractivity contribution in [2.75, 3.05) is 5.73 Å². The monoisotopic (exact) mass is 278 g/mol. The molecule has 4 heteroatoms. The van der Waals surface area contributed by atoms with Crippen LogP contribution in [0.3, 0.4) is 0 Å². The third-order valence-electron chi connectivity index (χ3n) is 2.08. The third-order valence-corrected chi connectivity index (χ3v) is 2.58. The second kappa shape index (κ2) is 4.99. The molecule has 0 amide bonds. The fourth-order valence-electron chi connectivity index (χ4n) is 1.31. The van der Waals surface area contributed by atoms with Crippen LogP contribution in [0.4, 0.5) is 5.82 Å². The molecule has 0 saturated heterocycles. The van der Waals surface area contributed by atoms with Gasteiger partial charge in [0.15, 0.2) is 11.6 Å². The molecular formula is C12H11BrN2O. The van der Waals surface area contributed by atoms with E-state index in [0.29, 0.717) is 18.2 Å². The molecule has 0 atom stereocenters. The van der Waals surface area contributed by atoms with Gasteiger partial charge in [-0.05, 0) is 29.8 Å². The van der Waals surface area contributed by atoms with Crippen LogP contribution in [0.25, 0.3) is 0 Å². The second-order valence-corrected chi connectivity index (χ2v) is 4.22. The predicted molar refractivity (Wildman–Crippen MR) is 67.1 cm³/mol. The summed E-state index contributed by atoms with van der Waals surface area (Å²) in [6.45, 7) is 0.481. The largest absolute Gasteiger partial charge is 0.485 e. The van der Waals surface area contributed by atoms with Gasteiger partial charge in [-0.25, -0.2) is 4.98 Å². The summed E-state index contributed by atoms with van der Waals surface area (Å²) in [6, 6.07) is 11.5. The third kappa shape index (κ3) is 2.73. The number of ether oxygens (including phenoxy) is 1. The molecule has 0 aliphatic carbocycles. The van der Waals surface area contributed by atoms with Crippen molar-refractivity contribution in [3.63, 3.8) is 0 Å². The van der Waals surface area contributed by atoms with Gasteiger partial charge in [-0.3, -0.25) is 0 Å². The molecule has 1 aromatic heterocycles. The topological polar surface area (TPSA) is 48.1 Å². The summed E-state index contributed by atoms with van der Waals surface area (Å²) < 4.78 is 6.60. The van der Waals surface area contributed by atoms with Crippen LogP contribution in [0, 0.1) is 0 Å². The molecule has 0 saturated carbocycles. The molecule has 1 aromatic carbocycles. The van der Waals surface area contributed by atoms with Crippen LogP contribution in [0.1, 0.15) is 5.56 Å². The first-order valence-corrected chi connectivity index (χ1v) is 5.63. The molecule has 0 bridgehead atoms. The summed E-state index contributed by atoms with van der Waals surface area (Å²) >= 11 is 3.41. The molecule has 1 heterocycles. The maximum atomic E-state index is 5.67. The number of nitrogen functional groups attached to an aromatic ring is 1. The first-order valence-electron chi connectivity index (χ1n) is 4.83. The van der Waals surface area contributed by atoms with Crippen LogP contribution in [0.15, 0.2) is 47.1 Å². The molecule has 82 valence electrons. The number of benzene rings is 1. The molecule has 16 heavy (non-hydrogen) atoms. The van der Waals surface area contributed by atoms with Crippen molar-refractivity contribution in [1.29, 1.82) is 0 Å². The number of pyridine rings is 1. The van der Waals surface area contributed by atoms with Gasteiger partial charge in [0.25, 0.3) is 0 Å². The van der Waals surface area contributed by atoms with E-state index in [2.05, 4.69) is 20.9 Å². The van der Waals surface area contributed by atoms with Crippen molar-refractivity contribution in [2.24, 2.45) is 0 Å². The number of halogens is 1. The van der Waals surface area contributed by atoms with E-state index >= 15 is 0 Å². The number of nitrogens with zero attached hydrogens (tertiary/aromatic N) is 1. The summed E-state index contributed by atoms with van der Waals surface area (Å²) in [5.41, 5.74) is 6.75. The first kappa shape index (κ1) is 11.0. The summed E-state index contributed by atoms with van der Waals surface area (Å²) in [6.07, 6.45) is 1.64. The zero-order valence-electron chi connectivity index (χ0n) is 8.56. The molecular weight excluding hydrogens is 268 g/mol. The van der Waals surface area contributed by atoms with E-state index in [9.17, 15) is 0 Å². The fraction of sp³-hybridized carbons (Fsp3) is 0.0833. The van der Waals surface area contributed by atoms with Crippen LogP contribution in [0.5, 0.6) is 5.75 Å². The van der Waals surface area contributed by atoms with Gasteiger partial charge in [0.1, 0.15) is 6.61 Å². The molecule has 2 N–H and O–H groups in total. The van der Waals surface area contributed by atoms with Crippen molar-refractivity contribution in [3.05, 3.63) is 52.6 Å². The van der Waals surface area contributed by atoms with Crippen LogP contribution < -0.4 is 10.5 Å². The Hall–Kier alpha value is -1.55. The molecule has 0 aliphatic rings. The van der Waals surface area contributed by atoms with Crippen molar-refractivity contribution >= 4 is 21.7 Å². The summed E-state index contributed by atoms with van der Waals surface area (Å²) in [7, 11) is 0. The lowest BCUT2D eigenvalue weighted by Crippen LogP contribution is -1.99. The zero-order valence-corrected chi connectivity index (χ0v) is 10.1. The number of hydrogen-bond donors (Lipinski definition) is 1. The number of aromatic nitrogens is 1. The van der Waals surface area contributed by atoms with Crippen molar-refractivity contribution in [3.8, 4) is 5.75 Å². The Morgan fingerprint density at radius 2 is 2.12 bits per heavy atom. The maximum absolute atomic E-state index is 5.67. The van der Waals surface area contributed by atoms with E-state index in [1.54, 1.807) is 18.3 Å². The Balaban J connectivity index is 2.05. The van der Waals surface area contributed by atoms with E-state index in [1.165, 1.54) is 0 Å². The van der Waals surface area contributed by atoms with E-state index in [-0.39, 0.29) is 0 Å². The lowest BCUT2D eigenvalue weighted by atomic mass is 10.2. The summed E-state index contributed by atoms with van der Waals surface area (Å²) in [5.74, 6) is 1.03. The van der Waals surface area contributed by atoms with Crippen molar-refractivity contribution < 1.29 is 4.74 Å². The quantitative estimate of drug-likeness (QED) is 0.939. The second-order valence-electron chi connectivity index (χ2n) is 3.31. The molecule has 2 aromatic rings. The maximum Gasteiger partial charge on any atom is 0.166 e. The highest BCUT2D eigenvalue weighted by molar-refractivity contribution is 9.10. The molecule has 0 unspecified atom stereocenters. The highest BCUT2D eigenvalue weighted by Gasteiger charge is 2.00. The molecule has 0 aliphatic heterocycles. The predicted octanol–water partition coefficient (Wildman–Crippen LogP) is 3.01. The number of anilines is 1. The lowest BCUT2D eigenvalue weighted by Gasteiger charge is -2.07. The highest BCUT2D eigenvalue weighted by Crippen LogP contribution is 2.19. The van der Waals surface area contributed by atoms with Gasteiger partial charge in [-0.2, -0.15) is 0 Å². The lowest BCUT2D eigenvalue weighted by molar-refractivity contribution is 0.307. The number of rotatable bonds is 3. The smallest absolute Gasteiger partial charge is 0.166 e. The van der Waals surface area contributed by atoms with Gasteiger partial charge in [0.2, 0.25) is 0 Å². The minimum Gasteiger partial charge on any atom is -0.485 e. The molecule has 0 spiro atoms. The Labute approximate surface area is 102 Å². The molecule has 0 fully saturated rings. The van der Waals surface area contributed by atoms with E-state index < -0.39 is 0 Å². The van der Waals surface area contributed by atoms with Gasteiger partial charge in [0, 0.05) is 10.7 Å². The zero-order chi connectivity index (χ0) is 11.4. The highest BCUT2D eigenvalue weighted by atomic mass is 79.9. The Morgan fingerprint density at radius 3 is 2.88 bits per heavy atom. The minimum atomic E-state index is 0.414. The normalized spacial score (nSPS) is 10.1. The average molecular weight is 279 g/mol. The van der Waals surface area contributed by atoms with Crippen molar-refractivity contribution in [1.82, 2.24) is 4.98 Å².